The van der Waals surface area contributed by atoms with Crippen LogP contribution in [0.25, 0.3) is 16.7 Å². The molecule has 1 aliphatic rings. The molecule has 1 N–H and O–H groups in total. The van der Waals surface area contributed by atoms with Gasteiger partial charge in [0.05, 0.1) is 38.5 Å². The number of nitrogens with one attached hydrogen (secondary N) is 1. The number of halogens is 5. The zero-order chi connectivity index (χ0) is 27.0. The number of carbonyl (C=O) groups excluding carboxylic acids is 1. The molecular weight excluding hydrogens is 542 g/mol. The molecule has 3 heterocycles. The molecule has 4 aromatic rings. The van der Waals surface area contributed by atoms with E-state index in [1.54, 1.807) is 51.9 Å². The predicted molar refractivity (Wildman–Crippen MR) is 138 cm³/mol. The molecule has 198 valence electrons. The first kappa shape index (κ1) is 26.2. The van der Waals surface area contributed by atoms with E-state index in [0.29, 0.717) is 48.5 Å². The number of carbonyl (C=O) groups is 1. The molecule has 3 aromatic heterocycles. The predicted octanol–water partition coefficient (Wildman–Crippen LogP) is 5.90. The van der Waals surface area contributed by atoms with Crippen LogP contribution in [-0.4, -0.2) is 31.1 Å². The summed E-state index contributed by atoms with van der Waals surface area (Å²) >= 11 is 12.2. The van der Waals surface area contributed by atoms with E-state index in [1.807, 2.05) is 0 Å². The van der Waals surface area contributed by atoms with Crippen molar-refractivity contribution in [1.82, 2.24) is 24.4 Å². The standard InChI is InChI=1S/C26H22Cl2F3N5O2/c27-16-11-18(23(33-12-16)26(29,30)31)24(37)34-17-7-5-15(6-8-17)14-35-21-9-10-32-13-22(21)36(25(35)38)20-4-2-1-3-19(20)28/h1-4,9-13,15,17H,5-8,14H2,(H,34,37). The lowest BCUT2D eigenvalue weighted by Crippen LogP contribution is -2.39. The van der Waals surface area contributed by atoms with Gasteiger partial charge >= 0.3 is 11.9 Å². The van der Waals surface area contributed by atoms with Gasteiger partial charge < -0.3 is 5.32 Å². The highest BCUT2D eigenvalue weighted by molar-refractivity contribution is 6.32. The number of alkyl halides is 3. The first-order valence-electron chi connectivity index (χ1n) is 12.0. The van der Waals surface area contributed by atoms with Crippen molar-refractivity contribution in [2.75, 3.05) is 0 Å². The lowest BCUT2D eigenvalue weighted by Gasteiger charge is -2.29. The highest BCUT2D eigenvalue weighted by Gasteiger charge is 2.38. The van der Waals surface area contributed by atoms with Crippen LogP contribution in [0.2, 0.25) is 10.0 Å². The smallest absolute Gasteiger partial charge is 0.349 e. The number of imidazole rings is 1. The minimum absolute atomic E-state index is 0.0524. The second kappa shape index (κ2) is 10.4. The van der Waals surface area contributed by atoms with Crippen LogP contribution in [0.15, 0.2) is 59.8 Å². The van der Waals surface area contributed by atoms with Gasteiger partial charge in [-0.25, -0.2) is 9.78 Å². The molecule has 0 saturated heterocycles. The van der Waals surface area contributed by atoms with Gasteiger partial charge in [-0.05, 0) is 55.9 Å². The number of fused-ring (bicyclic) bond motifs is 1. The Morgan fingerprint density at radius 2 is 1.79 bits per heavy atom. The summed E-state index contributed by atoms with van der Waals surface area (Å²) < 4.78 is 43.2. The summed E-state index contributed by atoms with van der Waals surface area (Å²) in [5.74, 6) is -0.722. The van der Waals surface area contributed by atoms with E-state index in [4.69, 9.17) is 23.2 Å². The van der Waals surface area contributed by atoms with Gasteiger partial charge in [0, 0.05) is 25.0 Å². The van der Waals surface area contributed by atoms with Crippen LogP contribution >= 0.6 is 23.2 Å². The van der Waals surface area contributed by atoms with Gasteiger partial charge in [-0.15, -0.1) is 0 Å². The molecule has 1 fully saturated rings. The number of rotatable bonds is 5. The van der Waals surface area contributed by atoms with E-state index in [2.05, 4.69) is 15.3 Å². The van der Waals surface area contributed by atoms with Crippen LogP contribution in [-0.2, 0) is 12.7 Å². The molecule has 0 atom stereocenters. The summed E-state index contributed by atoms with van der Waals surface area (Å²) in [6.07, 6.45) is 1.83. The number of para-hydroxylation sites is 1. The summed E-state index contributed by atoms with van der Waals surface area (Å²) in [6, 6.07) is 9.55. The van der Waals surface area contributed by atoms with Crippen molar-refractivity contribution in [3.63, 3.8) is 0 Å². The Bertz CT molecular complexity index is 1560. The maximum atomic E-state index is 13.5. The monoisotopic (exact) mass is 563 g/mol. The highest BCUT2D eigenvalue weighted by Crippen LogP contribution is 2.32. The molecule has 7 nitrogen and oxygen atoms in total. The topological polar surface area (TPSA) is 81.8 Å². The molecule has 1 aromatic carbocycles. The average molecular weight is 564 g/mol. The lowest BCUT2D eigenvalue weighted by atomic mass is 9.85. The fourth-order valence-corrected chi connectivity index (χ4v) is 5.38. The third-order valence-electron chi connectivity index (χ3n) is 6.82. The zero-order valence-corrected chi connectivity index (χ0v) is 21.4. The van der Waals surface area contributed by atoms with E-state index < -0.39 is 23.3 Å². The van der Waals surface area contributed by atoms with Crippen LogP contribution in [0.1, 0.15) is 41.7 Å². The highest BCUT2D eigenvalue weighted by atomic mass is 35.5. The zero-order valence-electron chi connectivity index (χ0n) is 19.9. The van der Waals surface area contributed by atoms with Gasteiger partial charge in [-0.2, -0.15) is 13.2 Å². The Morgan fingerprint density at radius 1 is 1.05 bits per heavy atom. The van der Waals surface area contributed by atoms with Crippen LogP contribution in [0, 0.1) is 5.92 Å². The minimum Gasteiger partial charge on any atom is -0.349 e. The number of aromatic nitrogens is 4. The Balaban J connectivity index is 1.31. The molecule has 0 bridgehead atoms. The van der Waals surface area contributed by atoms with Crippen LogP contribution in [0.5, 0.6) is 0 Å². The Hall–Kier alpha value is -3.37. The van der Waals surface area contributed by atoms with E-state index in [-0.39, 0.29) is 22.7 Å². The van der Waals surface area contributed by atoms with Gasteiger partial charge in [0.1, 0.15) is 0 Å². The van der Waals surface area contributed by atoms with Crippen LogP contribution in [0.3, 0.4) is 0 Å². The fourth-order valence-electron chi connectivity index (χ4n) is 5.00. The SMILES string of the molecule is O=C(NC1CCC(Cn2c(=O)n(-c3ccccc3Cl)c3cnccc32)CC1)c1cc(Cl)cnc1C(F)(F)F. The number of hydrogen-bond acceptors (Lipinski definition) is 4. The first-order valence-corrected chi connectivity index (χ1v) is 12.7. The Labute approximate surface area is 225 Å². The minimum atomic E-state index is -4.78. The average Bonchev–Trinajstić information content (AvgIpc) is 3.15. The Kier molecular flexibility index (Phi) is 7.19. The second-order valence-corrected chi connectivity index (χ2v) is 10.1. The third kappa shape index (κ3) is 5.15. The van der Waals surface area contributed by atoms with Gasteiger partial charge in [0.2, 0.25) is 0 Å². The molecular formula is C26H22Cl2F3N5O2. The number of hydrogen-bond donors (Lipinski definition) is 1. The van der Waals surface area contributed by atoms with Crippen molar-refractivity contribution < 1.29 is 18.0 Å². The quantitative estimate of drug-likeness (QED) is 0.328. The molecule has 38 heavy (non-hydrogen) atoms. The molecule has 5 rings (SSSR count). The van der Waals surface area contributed by atoms with Crippen molar-refractivity contribution in [1.29, 1.82) is 0 Å². The normalized spacial score (nSPS) is 18.0. The van der Waals surface area contributed by atoms with E-state index in [0.717, 1.165) is 17.8 Å². The third-order valence-corrected chi connectivity index (χ3v) is 7.34. The molecule has 1 saturated carbocycles. The van der Waals surface area contributed by atoms with Crippen molar-refractivity contribution in [3.05, 3.63) is 86.8 Å². The number of benzene rings is 1. The summed E-state index contributed by atoms with van der Waals surface area (Å²) in [7, 11) is 0. The van der Waals surface area contributed by atoms with Gasteiger partial charge in [0.25, 0.3) is 5.91 Å². The van der Waals surface area contributed by atoms with Crippen molar-refractivity contribution >= 4 is 40.1 Å². The molecule has 0 aliphatic heterocycles. The van der Waals surface area contributed by atoms with E-state index in [9.17, 15) is 22.8 Å². The number of amides is 1. The molecule has 1 aliphatic carbocycles. The van der Waals surface area contributed by atoms with Crippen molar-refractivity contribution in [2.24, 2.45) is 5.92 Å². The molecule has 0 spiro atoms. The van der Waals surface area contributed by atoms with Crippen LogP contribution < -0.4 is 11.0 Å². The second-order valence-electron chi connectivity index (χ2n) is 9.28. The van der Waals surface area contributed by atoms with Crippen molar-refractivity contribution in [3.8, 4) is 5.69 Å². The Morgan fingerprint density at radius 3 is 2.50 bits per heavy atom. The molecule has 0 unspecified atom stereocenters. The number of pyridine rings is 2. The molecule has 12 heteroatoms. The van der Waals surface area contributed by atoms with Crippen LogP contribution in [0.4, 0.5) is 13.2 Å². The summed E-state index contributed by atoms with van der Waals surface area (Å²) in [4.78, 5) is 33.7. The largest absolute Gasteiger partial charge is 0.434 e. The van der Waals surface area contributed by atoms with Gasteiger partial charge in [0.15, 0.2) is 5.69 Å². The summed E-state index contributed by atoms with van der Waals surface area (Å²) in [5.41, 5.74) is -0.159. The maximum absolute atomic E-state index is 13.5. The van der Waals surface area contributed by atoms with Gasteiger partial charge in [-0.3, -0.25) is 18.9 Å². The fraction of sp³-hybridized carbons (Fsp3) is 0.308. The lowest BCUT2D eigenvalue weighted by molar-refractivity contribution is -0.141. The maximum Gasteiger partial charge on any atom is 0.434 e. The number of nitrogens with zero attached hydrogens (tertiary/aromatic N) is 4. The summed E-state index contributed by atoms with van der Waals surface area (Å²) in [5, 5.41) is 3.09. The van der Waals surface area contributed by atoms with Crippen molar-refractivity contribution in [2.45, 2.75) is 44.4 Å². The first-order chi connectivity index (χ1) is 18.1. The van der Waals surface area contributed by atoms with E-state index >= 15 is 0 Å². The molecule has 0 radical (unpaired) electrons. The summed E-state index contributed by atoms with van der Waals surface area (Å²) in [6.45, 7) is 0.452. The van der Waals surface area contributed by atoms with Gasteiger partial charge in [-0.1, -0.05) is 35.3 Å². The molecule has 1 amide bonds. The van der Waals surface area contributed by atoms with E-state index in [1.165, 1.54) is 0 Å².